The van der Waals surface area contributed by atoms with Crippen molar-refractivity contribution in [3.8, 4) is 0 Å². The lowest BCUT2D eigenvalue weighted by Crippen LogP contribution is -2.14. The molecule has 2 amide bonds. The molecule has 6 heteroatoms. The van der Waals surface area contributed by atoms with E-state index in [1.165, 1.54) is 21.6 Å². The molecule has 0 fully saturated rings. The number of rotatable bonds is 7. The summed E-state index contributed by atoms with van der Waals surface area (Å²) in [4.78, 5) is 27.5. The maximum atomic E-state index is 12.8. The fourth-order valence-corrected chi connectivity index (χ4v) is 5.69. The predicted octanol–water partition coefficient (Wildman–Crippen LogP) is 7.61. The summed E-state index contributed by atoms with van der Waals surface area (Å²) in [5.41, 5.74) is 4.65. The van der Waals surface area contributed by atoms with Gasteiger partial charge in [-0.2, -0.15) is 0 Å². The number of benzene rings is 4. The van der Waals surface area contributed by atoms with Crippen LogP contribution in [0.25, 0.3) is 0 Å². The van der Waals surface area contributed by atoms with Gasteiger partial charge in [-0.15, -0.1) is 0 Å². The number of carbonyl (C=O) groups is 2. The Morgan fingerprint density at radius 2 is 0.882 bits per heavy atom. The summed E-state index contributed by atoms with van der Waals surface area (Å²) >= 11 is 0. The Morgan fingerprint density at radius 1 is 0.529 bits per heavy atom. The van der Waals surface area contributed by atoms with Gasteiger partial charge in [0.25, 0.3) is 11.8 Å². The number of carbonyl (C=O) groups excluding carboxylic acids is 2. The summed E-state index contributed by atoms with van der Waals surface area (Å²) in [5.74, 6) is -0.274. The molecular weight excluding hydrogens is 460 g/mol. The Morgan fingerprint density at radius 3 is 1.29 bits per heavy atom. The van der Waals surface area contributed by atoms with Crippen LogP contribution >= 0.6 is 21.6 Å². The highest BCUT2D eigenvalue weighted by molar-refractivity contribution is 8.76. The minimum Gasteiger partial charge on any atom is -0.321 e. The van der Waals surface area contributed by atoms with Crippen molar-refractivity contribution in [3.05, 3.63) is 119 Å². The van der Waals surface area contributed by atoms with Crippen LogP contribution in [-0.4, -0.2) is 11.8 Å². The molecule has 0 radical (unpaired) electrons. The van der Waals surface area contributed by atoms with Gasteiger partial charge < -0.3 is 10.6 Å². The van der Waals surface area contributed by atoms with Gasteiger partial charge in [0.05, 0.1) is 11.4 Å². The fraction of sp³-hybridized carbons (Fsp3) is 0.0714. The van der Waals surface area contributed by atoms with Crippen LogP contribution in [0.3, 0.4) is 0 Å². The van der Waals surface area contributed by atoms with Crippen LogP contribution in [0.1, 0.15) is 31.8 Å². The summed E-state index contributed by atoms with van der Waals surface area (Å²) in [6, 6.07) is 30.5. The summed E-state index contributed by atoms with van der Waals surface area (Å²) < 4.78 is 0. The average molecular weight is 485 g/mol. The largest absolute Gasteiger partial charge is 0.321 e. The SMILES string of the molecule is Cc1ccccc1C(=O)Nc1ccccc1SSc1ccccc1NC(=O)c1ccccc1C. The van der Waals surface area contributed by atoms with Crippen molar-refractivity contribution in [2.45, 2.75) is 23.6 Å². The van der Waals surface area contributed by atoms with Crippen LogP contribution in [0.2, 0.25) is 0 Å². The zero-order valence-corrected chi connectivity index (χ0v) is 20.5. The van der Waals surface area contributed by atoms with Gasteiger partial charge in [0.1, 0.15) is 0 Å². The number of anilines is 2. The van der Waals surface area contributed by atoms with Crippen molar-refractivity contribution < 1.29 is 9.59 Å². The number of amides is 2. The first kappa shape index (κ1) is 23.7. The molecule has 4 aromatic carbocycles. The first-order valence-electron chi connectivity index (χ1n) is 10.8. The zero-order valence-electron chi connectivity index (χ0n) is 18.9. The predicted molar refractivity (Wildman–Crippen MR) is 143 cm³/mol. The van der Waals surface area contributed by atoms with Gasteiger partial charge in [-0.05, 0) is 61.4 Å². The number of para-hydroxylation sites is 2. The smallest absolute Gasteiger partial charge is 0.255 e. The molecule has 4 aromatic rings. The molecule has 0 saturated heterocycles. The second-order valence-corrected chi connectivity index (χ2v) is 9.91. The van der Waals surface area contributed by atoms with Crippen molar-refractivity contribution in [2.75, 3.05) is 10.6 Å². The molecule has 0 aliphatic heterocycles. The monoisotopic (exact) mass is 484 g/mol. The molecule has 0 unspecified atom stereocenters. The molecule has 2 N–H and O–H groups in total. The Labute approximate surface area is 207 Å². The second-order valence-electron chi connectivity index (χ2n) is 7.70. The van der Waals surface area contributed by atoms with Crippen molar-refractivity contribution in [2.24, 2.45) is 0 Å². The quantitative estimate of drug-likeness (QED) is 0.265. The zero-order chi connectivity index (χ0) is 23.9. The lowest BCUT2D eigenvalue weighted by atomic mass is 10.1. The molecule has 4 nitrogen and oxygen atoms in total. The third-order valence-corrected chi connectivity index (χ3v) is 7.75. The molecule has 0 spiro atoms. The highest BCUT2D eigenvalue weighted by Gasteiger charge is 2.14. The molecule has 0 bridgehead atoms. The number of aryl methyl sites for hydroxylation is 2. The standard InChI is InChI=1S/C28H24N2O2S2/c1-19-11-3-5-13-21(19)27(31)29-23-15-7-9-17-25(23)33-34-26-18-10-8-16-24(26)30-28(32)22-14-6-4-12-20(22)2/h3-18H,1-2H3,(H,29,31)(H,30,32). The summed E-state index contributed by atoms with van der Waals surface area (Å²) in [7, 11) is 3.06. The highest BCUT2D eigenvalue weighted by atomic mass is 33.1. The van der Waals surface area contributed by atoms with Crippen LogP contribution in [0.4, 0.5) is 11.4 Å². The van der Waals surface area contributed by atoms with E-state index in [-0.39, 0.29) is 11.8 Å². The Kier molecular flexibility index (Phi) is 7.72. The normalized spacial score (nSPS) is 10.5. The van der Waals surface area contributed by atoms with Crippen LogP contribution in [0.5, 0.6) is 0 Å². The van der Waals surface area contributed by atoms with E-state index in [2.05, 4.69) is 10.6 Å². The van der Waals surface area contributed by atoms with Crippen LogP contribution in [-0.2, 0) is 0 Å². The van der Waals surface area contributed by atoms with E-state index in [9.17, 15) is 9.59 Å². The third-order valence-electron chi connectivity index (χ3n) is 5.27. The lowest BCUT2D eigenvalue weighted by molar-refractivity contribution is 0.101. The molecule has 0 saturated carbocycles. The molecule has 0 atom stereocenters. The first-order chi connectivity index (χ1) is 16.5. The lowest BCUT2D eigenvalue weighted by Gasteiger charge is -2.13. The van der Waals surface area contributed by atoms with E-state index < -0.39 is 0 Å². The van der Waals surface area contributed by atoms with E-state index in [4.69, 9.17) is 0 Å². The number of hydrogen-bond donors (Lipinski definition) is 2. The van der Waals surface area contributed by atoms with Crippen LogP contribution < -0.4 is 10.6 Å². The van der Waals surface area contributed by atoms with E-state index >= 15 is 0 Å². The van der Waals surface area contributed by atoms with E-state index in [0.717, 1.165) is 32.3 Å². The third kappa shape index (κ3) is 5.71. The Bertz CT molecular complexity index is 1230. The van der Waals surface area contributed by atoms with Crippen molar-refractivity contribution in [1.29, 1.82) is 0 Å². The minimum absolute atomic E-state index is 0.137. The molecule has 170 valence electrons. The van der Waals surface area contributed by atoms with E-state index in [0.29, 0.717) is 11.1 Å². The maximum absolute atomic E-state index is 12.8. The van der Waals surface area contributed by atoms with Crippen molar-refractivity contribution in [3.63, 3.8) is 0 Å². The van der Waals surface area contributed by atoms with Crippen LogP contribution in [0.15, 0.2) is 107 Å². The van der Waals surface area contributed by atoms with E-state index in [1.807, 2.05) is 111 Å². The number of nitrogens with one attached hydrogen (secondary N) is 2. The van der Waals surface area contributed by atoms with Gasteiger partial charge in [-0.3, -0.25) is 9.59 Å². The molecule has 0 aliphatic rings. The van der Waals surface area contributed by atoms with Gasteiger partial charge in [0, 0.05) is 20.9 Å². The number of hydrogen-bond acceptors (Lipinski definition) is 4. The molecule has 0 aromatic heterocycles. The topological polar surface area (TPSA) is 58.2 Å². The van der Waals surface area contributed by atoms with Crippen molar-refractivity contribution >= 4 is 44.8 Å². The second kappa shape index (κ2) is 11.1. The molecular formula is C28H24N2O2S2. The fourth-order valence-electron chi connectivity index (χ4n) is 3.41. The van der Waals surface area contributed by atoms with E-state index in [1.54, 1.807) is 0 Å². The average Bonchev–Trinajstić information content (AvgIpc) is 2.84. The van der Waals surface area contributed by atoms with Crippen LogP contribution in [0, 0.1) is 13.8 Å². The highest BCUT2D eigenvalue weighted by Crippen LogP contribution is 2.43. The summed E-state index contributed by atoms with van der Waals surface area (Å²) in [6.45, 7) is 3.85. The summed E-state index contributed by atoms with van der Waals surface area (Å²) in [6.07, 6.45) is 0. The van der Waals surface area contributed by atoms with Gasteiger partial charge in [-0.1, -0.05) is 82.3 Å². The summed E-state index contributed by atoms with van der Waals surface area (Å²) in [5, 5.41) is 6.07. The first-order valence-corrected chi connectivity index (χ1v) is 12.9. The van der Waals surface area contributed by atoms with Gasteiger partial charge in [0.15, 0.2) is 0 Å². The Hall–Kier alpha value is -3.48. The molecule has 0 aliphatic carbocycles. The molecule has 34 heavy (non-hydrogen) atoms. The van der Waals surface area contributed by atoms with Crippen molar-refractivity contribution in [1.82, 2.24) is 0 Å². The molecule has 0 heterocycles. The Balaban J connectivity index is 1.49. The maximum Gasteiger partial charge on any atom is 0.255 e. The van der Waals surface area contributed by atoms with Gasteiger partial charge in [0.2, 0.25) is 0 Å². The van der Waals surface area contributed by atoms with Gasteiger partial charge >= 0.3 is 0 Å². The minimum atomic E-state index is -0.137. The molecule has 4 rings (SSSR count). The van der Waals surface area contributed by atoms with Gasteiger partial charge in [-0.25, -0.2) is 0 Å².